The Morgan fingerprint density at radius 1 is 0.935 bits per heavy atom. The molecular weight excluding hydrogens is 400 g/mol. The summed E-state index contributed by atoms with van der Waals surface area (Å²) in [5, 5.41) is 2.87. The van der Waals surface area contributed by atoms with Gasteiger partial charge in [0.05, 0.1) is 11.6 Å². The Morgan fingerprint density at radius 3 is 2.32 bits per heavy atom. The van der Waals surface area contributed by atoms with Crippen molar-refractivity contribution >= 4 is 17.5 Å². The second-order valence-corrected chi connectivity index (χ2v) is 8.30. The average molecular weight is 427 g/mol. The Labute approximate surface area is 181 Å². The van der Waals surface area contributed by atoms with Crippen molar-refractivity contribution in [3.05, 3.63) is 65.7 Å². The molecular formula is C24H27F2N3O2. The molecule has 7 heteroatoms. The molecule has 0 unspecified atom stereocenters. The average Bonchev–Trinajstić information content (AvgIpc) is 3.28. The lowest BCUT2D eigenvalue weighted by atomic mass is 9.94. The molecule has 5 nitrogen and oxygen atoms in total. The summed E-state index contributed by atoms with van der Waals surface area (Å²) in [7, 11) is 0. The number of halogens is 2. The molecule has 1 saturated carbocycles. The zero-order valence-electron chi connectivity index (χ0n) is 17.4. The van der Waals surface area contributed by atoms with Crippen LogP contribution in [0.4, 0.5) is 14.5 Å². The lowest BCUT2D eigenvalue weighted by Gasteiger charge is -2.40. The van der Waals surface area contributed by atoms with E-state index in [1.165, 1.54) is 24.3 Å². The van der Waals surface area contributed by atoms with Gasteiger partial charge in [-0.25, -0.2) is 8.78 Å². The molecule has 31 heavy (non-hydrogen) atoms. The lowest BCUT2D eigenvalue weighted by molar-refractivity contribution is -0.123. The van der Waals surface area contributed by atoms with E-state index in [9.17, 15) is 18.4 Å². The topological polar surface area (TPSA) is 52.7 Å². The van der Waals surface area contributed by atoms with Gasteiger partial charge in [-0.1, -0.05) is 31.0 Å². The standard InChI is InChI=1S/C24H27F2N3O2/c25-18-8-5-9-19(16-18)27-23(30)22(17-6-1-2-7-17)28-12-14-29(15-13-28)24(31)20-10-3-4-11-21(20)26/h3-5,8-11,16-17,22H,1-2,6-7,12-15H2,(H,27,30)/t22-/m1/s1. The number of carbonyl (C=O) groups excluding carboxylic acids is 2. The van der Waals surface area contributed by atoms with E-state index >= 15 is 0 Å². The van der Waals surface area contributed by atoms with Gasteiger partial charge in [-0.3, -0.25) is 14.5 Å². The minimum absolute atomic E-state index is 0.0761. The second-order valence-electron chi connectivity index (χ2n) is 8.30. The van der Waals surface area contributed by atoms with E-state index in [1.807, 2.05) is 0 Å². The third-order valence-corrected chi connectivity index (χ3v) is 6.31. The number of hydrogen-bond acceptors (Lipinski definition) is 3. The van der Waals surface area contributed by atoms with Gasteiger partial charge in [-0.2, -0.15) is 0 Å². The van der Waals surface area contributed by atoms with Crippen molar-refractivity contribution in [3.8, 4) is 0 Å². The third kappa shape index (κ3) is 4.93. The maximum Gasteiger partial charge on any atom is 0.256 e. The van der Waals surface area contributed by atoms with Crippen LogP contribution in [0.5, 0.6) is 0 Å². The molecule has 2 amide bonds. The number of hydrogen-bond donors (Lipinski definition) is 1. The van der Waals surface area contributed by atoms with Crippen molar-refractivity contribution in [1.82, 2.24) is 9.80 Å². The van der Waals surface area contributed by atoms with Crippen LogP contribution in [-0.2, 0) is 4.79 Å². The summed E-state index contributed by atoms with van der Waals surface area (Å²) in [6.07, 6.45) is 4.16. The molecule has 0 radical (unpaired) electrons. The number of rotatable bonds is 5. The molecule has 2 aromatic rings. The number of carbonyl (C=O) groups is 2. The van der Waals surface area contributed by atoms with Gasteiger partial charge >= 0.3 is 0 Å². The van der Waals surface area contributed by atoms with Crippen LogP contribution in [0, 0.1) is 17.6 Å². The molecule has 0 spiro atoms. The van der Waals surface area contributed by atoms with E-state index in [0.717, 1.165) is 25.7 Å². The van der Waals surface area contributed by atoms with Gasteiger partial charge in [0.1, 0.15) is 11.6 Å². The predicted molar refractivity (Wildman–Crippen MR) is 115 cm³/mol. The molecule has 1 N–H and O–H groups in total. The van der Waals surface area contributed by atoms with E-state index in [2.05, 4.69) is 10.2 Å². The minimum Gasteiger partial charge on any atom is -0.336 e. The van der Waals surface area contributed by atoms with Crippen molar-refractivity contribution in [1.29, 1.82) is 0 Å². The molecule has 164 valence electrons. The van der Waals surface area contributed by atoms with Crippen LogP contribution in [0.15, 0.2) is 48.5 Å². The fourth-order valence-electron chi connectivity index (χ4n) is 4.74. The highest BCUT2D eigenvalue weighted by molar-refractivity contribution is 5.95. The summed E-state index contributed by atoms with van der Waals surface area (Å²) in [4.78, 5) is 29.7. The highest BCUT2D eigenvalue weighted by Gasteiger charge is 2.37. The van der Waals surface area contributed by atoms with Gasteiger partial charge in [0.15, 0.2) is 0 Å². The molecule has 1 saturated heterocycles. The van der Waals surface area contributed by atoms with Crippen LogP contribution in [0.3, 0.4) is 0 Å². The van der Waals surface area contributed by atoms with Gasteiger partial charge < -0.3 is 10.2 Å². The minimum atomic E-state index is -0.520. The van der Waals surface area contributed by atoms with Crippen LogP contribution >= 0.6 is 0 Å². The fourth-order valence-corrected chi connectivity index (χ4v) is 4.74. The number of anilines is 1. The Kier molecular flexibility index (Phi) is 6.61. The first-order valence-electron chi connectivity index (χ1n) is 10.9. The van der Waals surface area contributed by atoms with Gasteiger partial charge in [-0.15, -0.1) is 0 Å². The van der Waals surface area contributed by atoms with E-state index in [0.29, 0.717) is 31.9 Å². The molecule has 2 aliphatic rings. The smallest absolute Gasteiger partial charge is 0.256 e. The quantitative estimate of drug-likeness (QED) is 0.787. The van der Waals surface area contributed by atoms with E-state index < -0.39 is 11.6 Å². The molecule has 1 aliphatic carbocycles. The summed E-state index contributed by atoms with van der Waals surface area (Å²) in [6.45, 7) is 1.95. The van der Waals surface area contributed by atoms with Crippen molar-refractivity contribution in [2.45, 2.75) is 31.7 Å². The molecule has 4 rings (SSSR count). The molecule has 1 atom stereocenters. The fraction of sp³-hybridized carbons (Fsp3) is 0.417. The third-order valence-electron chi connectivity index (χ3n) is 6.31. The van der Waals surface area contributed by atoms with Crippen LogP contribution in [0.2, 0.25) is 0 Å². The summed E-state index contributed by atoms with van der Waals surface area (Å²) < 4.78 is 27.5. The van der Waals surface area contributed by atoms with Crippen LogP contribution < -0.4 is 5.32 Å². The van der Waals surface area contributed by atoms with Crippen molar-refractivity contribution in [2.24, 2.45) is 5.92 Å². The highest BCUT2D eigenvalue weighted by atomic mass is 19.1. The number of piperazine rings is 1. The number of amides is 2. The monoisotopic (exact) mass is 427 g/mol. The van der Waals surface area contributed by atoms with Crippen molar-refractivity contribution in [2.75, 3.05) is 31.5 Å². The summed E-state index contributed by atoms with van der Waals surface area (Å²) in [5.41, 5.74) is 0.522. The van der Waals surface area contributed by atoms with Crippen LogP contribution in [0.25, 0.3) is 0 Å². The maximum atomic E-state index is 14.0. The summed E-state index contributed by atoms with van der Waals surface area (Å²) in [6, 6.07) is 11.6. The van der Waals surface area contributed by atoms with E-state index in [1.54, 1.807) is 29.2 Å². The number of benzene rings is 2. The van der Waals surface area contributed by atoms with E-state index in [-0.39, 0.29) is 29.3 Å². The van der Waals surface area contributed by atoms with Crippen LogP contribution in [-0.4, -0.2) is 53.8 Å². The van der Waals surface area contributed by atoms with Gasteiger partial charge in [0.2, 0.25) is 5.91 Å². The van der Waals surface area contributed by atoms with Crippen LogP contribution in [0.1, 0.15) is 36.0 Å². The first kappa shape index (κ1) is 21.4. The Morgan fingerprint density at radius 2 is 1.65 bits per heavy atom. The summed E-state index contributed by atoms with van der Waals surface area (Å²) >= 11 is 0. The SMILES string of the molecule is O=C(Nc1cccc(F)c1)[C@@H](C1CCCC1)N1CCN(C(=O)c2ccccc2F)CC1. The molecule has 2 aromatic carbocycles. The number of nitrogens with one attached hydrogen (secondary N) is 1. The first-order chi connectivity index (χ1) is 15.0. The van der Waals surface area contributed by atoms with Gasteiger partial charge in [-0.05, 0) is 49.1 Å². The highest BCUT2D eigenvalue weighted by Crippen LogP contribution is 2.32. The van der Waals surface area contributed by atoms with Gasteiger partial charge in [0.25, 0.3) is 5.91 Å². The van der Waals surface area contributed by atoms with Gasteiger partial charge in [0, 0.05) is 31.9 Å². The first-order valence-corrected chi connectivity index (χ1v) is 10.9. The summed E-state index contributed by atoms with van der Waals surface area (Å²) in [5.74, 6) is -1.13. The largest absolute Gasteiger partial charge is 0.336 e. The maximum absolute atomic E-state index is 14.0. The molecule has 1 heterocycles. The Bertz CT molecular complexity index is 938. The van der Waals surface area contributed by atoms with Crippen molar-refractivity contribution in [3.63, 3.8) is 0 Å². The molecule has 2 fully saturated rings. The van der Waals surface area contributed by atoms with E-state index in [4.69, 9.17) is 0 Å². The molecule has 0 aromatic heterocycles. The lowest BCUT2D eigenvalue weighted by Crippen LogP contribution is -2.57. The van der Waals surface area contributed by atoms with Crippen molar-refractivity contribution < 1.29 is 18.4 Å². The second kappa shape index (κ2) is 9.56. The normalized spacial score (nSPS) is 18.7. The zero-order valence-corrected chi connectivity index (χ0v) is 17.4. The zero-order chi connectivity index (χ0) is 21.8. The Balaban J connectivity index is 1.44. The molecule has 1 aliphatic heterocycles. The molecule has 0 bridgehead atoms. The Hall–Kier alpha value is -2.80. The predicted octanol–water partition coefficient (Wildman–Crippen LogP) is 3.92. The number of nitrogens with zero attached hydrogens (tertiary/aromatic N) is 2.